The van der Waals surface area contributed by atoms with Gasteiger partial charge in [0.1, 0.15) is 5.76 Å². The smallest absolute Gasteiger partial charge is 0.105 e. The summed E-state index contributed by atoms with van der Waals surface area (Å²) in [5.74, 6) is 1.01. The Morgan fingerprint density at radius 3 is 2.44 bits per heavy atom. The first kappa shape index (κ1) is 9.02. The highest BCUT2D eigenvalue weighted by Crippen LogP contribution is 2.15. The lowest BCUT2D eigenvalue weighted by Crippen LogP contribution is -2.01. The molecule has 0 amide bonds. The standard InChI is InChI=1S/C7H13BrO/c1-4-6(8)7(5-2)9-3/h5-6H,4H2,1-3H3. The molecular formula is C7H13BrO. The van der Waals surface area contributed by atoms with Crippen molar-refractivity contribution < 1.29 is 4.74 Å². The summed E-state index contributed by atoms with van der Waals surface area (Å²) < 4.78 is 5.07. The molecule has 0 N–H and O–H groups in total. The van der Waals surface area contributed by atoms with E-state index in [0.717, 1.165) is 12.2 Å². The van der Waals surface area contributed by atoms with Crippen molar-refractivity contribution in [1.82, 2.24) is 0 Å². The molecule has 0 heterocycles. The zero-order chi connectivity index (χ0) is 7.28. The van der Waals surface area contributed by atoms with Gasteiger partial charge in [0.2, 0.25) is 0 Å². The van der Waals surface area contributed by atoms with E-state index in [0.29, 0.717) is 4.83 Å². The summed E-state index contributed by atoms with van der Waals surface area (Å²) in [4.78, 5) is 0.382. The molecule has 0 aliphatic carbocycles. The van der Waals surface area contributed by atoms with E-state index < -0.39 is 0 Å². The lowest BCUT2D eigenvalue weighted by atomic mass is 10.3. The molecule has 0 spiro atoms. The number of allylic oxidation sites excluding steroid dienone is 2. The summed E-state index contributed by atoms with van der Waals surface area (Å²) >= 11 is 3.47. The fourth-order valence-corrected chi connectivity index (χ4v) is 1.08. The van der Waals surface area contributed by atoms with Crippen LogP contribution in [-0.2, 0) is 4.74 Å². The molecular weight excluding hydrogens is 180 g/mol. The maximum absolute atomic E-state index is 5.07. The van der Waals surface area contributed by atoms with Crippen LogP contribution in [0.1, 0.15) is 20.3 Å². The van der Waals surface area contributed by atoms with Crippen LogP contribution in [0.15, 0.2) is 11.8 Å². The molecule has 0 saturated heterocycles. The molecule has 0 aromatic carbocycles. The van der Waals surface area contributed by atoms with Gasteiger partial charge in [-0.25, -0.2) is 0 Å². The largest absolute Gasteiger partial charge is 0.500 e. The minimum Gasteiger partial charge on any atom is -0.500 e. The number of ether oxygens (including phenoxy) is 1. The summed E-state index contributed by atoms with van der Waals surface area (Å²) in [6.45, 7) is 4.09. The van der Waals surface area contributed by atoms with Gasteiger partial charge in [-0.2, -0.15) is 0 Å². The fourth-order valence-electron chi connectivity index (χ4n) is 0.628. The summed E-state index contributed by atoms with van der Waals surface area (Å²) in [5, 5.41) is 0. The Morgan fingerprint density at radius 1 is 1.78 bits per heavy atom. The van der Waals surface area contributed by atoms with E-state index in [2.05, 4.69) is 22.9 Å². The molecule has 0 aromatic heterocycles. The maximum Gasteiger partial charge on any atom is 0.105 e. The summed E-state index contributed by atoms with van der Waals surface area (Å²) in [6.07, 6.45) is 3.04. The molecule has 0 radical (unpaired) electrons. The highest BCUT2D eigenvalue weighted by atomic mass is 79.9. The Bertz CT molecular complexity index is 99.1. The zero-order valence-electron chi connectivity index (χ0n) is 6.15. The highest BCUT2D eigenvalue weighted by Gasteiger charge is 2.05. The van der Waals surface area contributed by atoms with Crippen LogP contribution in [0, 0.1) is 0 Å². The predicted molar refractivity (Wildman–Crippen MR) is 43.8 cm³/mol. The second kappa shape index (κ2) is 4.86. The molecule has 0 aliphatic heterocycles. The number of hydrogen-bond acceptors (Lipinski definition) is 1. The van der Waals surface area contributed by atoms with Gasteiger partial charge in [-0.3, -0.25) is 0 Å². The van der Waals surface area contributed by atoms with E-state index >= 15 is 0 Å². The van der Waals surface area contributed by atoms with Crippen molar-refractivity contribution >= 4 is 15.9 Å². The number of methoxy groups -OCH3 is 1. The average Bonchev–Trinajstić information content (AvgIpc) is 1.90. The SMILES string of the molecule is CC=C(OC)C(Br)CC. The Labute approximate surface area is 65.2 Å². The quantitative estimate of drug-likeness (QED) is 0.494. The van der Waals surface area contributed by atoms with Crippen molar-refractivity contribution in [3.63, 3.8) is 0 Å². The predicted octanol–water partition coefficient (Wildman–Crippen LogP) is 2.71. The van der Waals surface area contributed by atoms with Gasteiger partial charge in [0.05, 0.1) is 11.9 Å². The average molecular weight is 193 g/mol. The van der Waals surface area contributed by atoms with E-state index in [-0.39, 0.29) is 0 Å². The Balaban J connectivity index is 3.80. The van der Waals surface area contributed by atoms with Gasteiger partial charge in [-0.1, -0.05) is 22.9 Å². The van der Waals surface area contributed by atoms with Gasteiger partial charge in [-0.15, -0.1) is 0 Å². The van der Waals surface area contributed by atoms with Crippen LogP contribution < -0.4 is 0 Å². The molecule has 0 fully saturated rings. The van der Waals surface area contributed by atoms with Crippen molar-refractivity contribution in [3.8, 4) is 0 Å². The summed E-state index contributed by atoms with van der Waals surface area (Å²) in [6, 6.07) is 0. The van der Waals surface area contributed by atoms with Crippen LogP contribution >= 0.6 is 15.9 Å². The zero-order valence-corrected chi connectivity index (χ0v) is 7.73. The van der Waals surface area contributed by atoms with Gasteiger partial charge in [0, 0.05) is 0 Å². The topological polar surface area (TPSA) is 9.23 Å². The normalized spacial score (nSPS) is 15.3. The first-order chi connectivity index (χ1) is 4.26. The first-order valence-electron chi connectivity index (χ1n) is 3.10. The van der Waals surface area contributed by atoms with E-state index in [9.17, 15) is 0 Å². The third-order valence-corrected chi connectivity index (χ3v) is 2.29. The molecule has 2 heteroatoms. The van der Waals surface area contributed by atoms with E-state index in [1.807, 2.05) is 13.0 Å². The highest BCUT2D eigenvalue weighted by molar-refractivity contribution is 9.09. The number of hydrogen-bond donors (Lipinski definition) is 0. The molecule has 0 rings (SSSR count). The first-order valence-corrected chi connectivity index (χ1v) is 4.02. The van der Waals surface area contributed by atoms with Crippen molar-refractivity contribution in [2.24, 2.45) is 0 Å². The van der Waals surface area contributed by atoms with Crippen LogP contribution in [0.25, 0.3) is 0 Å². The number of rotatable bonds is 3. The van der Waals surface area contributed by atoms with Crippen LogP contribution in [-0.4, -0.2) is 11.9 Å². The monoisotopic (exact) mass is 192 g/mol. The Hall–Kier alpha value is 0.0200. The molecule has 9 heavy (non-hydrogen) atoms. The molecule has 0 bridgehead atoms. The van der Waals surface area contributed by atoms with E-state index in [1.165, 1.54) is 0 Å². The minimum absolute atomic E-state index is 0.382. The number of alkyl halides is 1. The summed E-state index contributed by atoms with van der Waals surface area (Å²) in [7, 11) is 1.69. The third kappa shape index (κ3) is 2.89. The molecule has 1 nitrogen and oxygen atoms in total. The molecule has 1 atom stereocenters. The lowest BCUT2D eigenvalue weighted by Gasteiger charge is -2.09. The molecule has 0 aliphatic rings. The van der Waals surface area contributed by atoms with Crippen molar-refractivity contribution in [2.75, 3.05) is 7.11 Å². The second-order valence-corrected chi connectivity index (χ2v) is 2.88. The van der Waals surface area contributed by atoms with Crippen LogP contribution in [0.3, 0.4) is 0 Å². The van der Waals surface area contributed by atoms with E-state index in [1.54, 1.807) is 7.11 Å². The fraction of sp³-hybridized carbons (Fsp3) is 0.714. The van der Waals surface area contributed by atoms with Gasteiger partial charge in [0.25, 0.3) is 0 Å². The van der Waals surface area contributed by atoms with E-state index in [4.69, 9.17) is 4.74 Å². The van der Waals surface area contributed by atoms with Crippen molar-refractivity contribution in [3.05, 3.63) is 11.8 Å². The molecule has 0 saturated carbocycles. The van der Waals surface area contributed by atoms with Gasteiger partial charge >= 0.3 is 0 Å². The second-order valence-electron chi connectivity index (χ2n) is 1.77. The van der Waals surface area contributed by atoms with Crippen molar-refractivity contribution in [1.29, 1.82) is 0 Å². The third-order valence-electron chi connectivity index (χ3n) is 1.19. The van der Waals surface area contributed by atoms with Gasteiger partial charge < -0.3 is 4.74 Å². The Morgan fingerprint density at radius 2 is 2.33 bits per heavy atom. The molecule has 54 valence electrons. The molecule has 1 unspecified atom stereocenters. The van der Waals surface area contributed by atoms with Gasteiger partial charge in [0.15, 0.2) is 0 Å². The van der Waals surface area contributed by atoms with Gasteiger partial charge in [-0.05, 0) is 19.4 Å². The summed E-state index contributed by atoms with van der Waals surface area (Å²) in [5.41, 5.74) is 0. The van der Waals surface area contributed by atoms with Crippen LogP contribution in [0.5, 0.6) is 0 Å². The van der Waals surface area contributed by atoms with Crippen molar-refractivity contribution in [2.45, 2.75) is 25.1 Å². The maximum atomic E-state index is 5.07. The molecule has 0 aromatic rings. The van der Waals surface area contributed by atoms with Crippen LogP contribution in [0.2, 0.25) is 0 Å². The minimum atomic E-state index is 0.382. The lowest BCUT2D eigenvalue weighted by molar-refractivity contribution is 0.280. The Kier molecular flexibility index (Phi) is 4.87. The number of halogens is 1. The van der Waals surface area contributed by atoms with Crippen LogP contribution in [0.4, 0.5) is 0 Å².